The predicted molar refractivity (Wildman–Crippen MR) is 56.3 cm³/mol. The molecule has 0 aliphatic carbocycles. The van der Waals surface area contributed by atoms with Crippen molar-refractivity contribution < 1.29 is 14.7 Å². The third kappa shape index (κ3) is 4.91. The quantitative estimate of drug-likeness (QED) is 0.652. The number of nitrogens with one attached hydrogen (secondary N) is 1. The average Bonchev–Trinajstić information content (AvgIpc) is 2.17. The molecule has 0 saturated carbocycles. The number of rotatable bonds is 5. The van der Waals surface area contributed by atoms with Crippen molar-refractivity contribution in [2.75, 3.05) is 13.1 Å². The molecule has 0 spiro atoms. The van der Waals surface area contributed by atoms with Crippen LogP contribution in [0, 0.1) is 12.3 Å². The van der Waals surface area contributed by atoms with Gasteiger partial charge in [0.05, 0.1) is 6.54 Å². The lowest BCUT2D eigenvalue weighted by molar-refractivity contribution is -0.138. The average molecular weight is 212 g/mol. The number of carboxylic acids is 1. The summed E-state index contributed by atoms with van der Waals surface area (Å²) in [7, 11) is 0. The number of carboxylic acid groups (broad SMARTS) is 1. The number of urea groups is 1. The Kier molecular flexibility index (Phi) is 5.95. The minimum atomic E-state index is -1.07. The van der Waals surface area contributed by atoms with E-state index in [0.717, 1.165) is 6.42 Å². The zero-order chi connectivity index (χ0) is 11.8. The molecule has 0 aromatic rings. The topological polar surface area (TPSA) is 69.6 Å². The molecule has 84 valence electrons. The van der Waals surface area contributed by atoms with Crippen molar-refractivity contribution in [3.63, 3.8) is 0 Å². The molecule has 5 heteroatoms. The summed E-state index contributed by atoms with van der Waals surface area (Å²) >= 11 is 0. The van der Waals surface area contributed by atoms with Crippen LogP contribution in [0.3, 0.4) is 0 Å². The van der Waals surface area contributed by atoms with Crippen molar-refractivity contribution in [3.8, 4) is 12.3 Å². The van der Waals surface area contributed by atoms with Crippen molar-refractivity contribution in [3.05, 3.63) is 0 Å². The Balaban J connectivity index is 4.26. The van der Waals surface area contributed by atoms with Crippen molar-refractivity contribution >= 4 is 12.0 Å². The standard InChI is InChI=1S/C10H16N2O3/c1-4-6-12(7-5-2)10(15)11-8(3)9(13)14/h1,8H,5-7H2,2-3H3,(H,11,15)(H,13,14)/t8-/m1/s1. The predicted octanol–water partition coefficient (Wildman–Crippen LogP) is 0.514. The summed E-state index contributed by atoms with van der Waals surface area (Å²) < 4.78 is 0. The molecule has 0 heterocycles. The highest BCUT2D eigenvalue weighted by molar-refractivity contribution is 5.82. The van der Waals surface area contributed by atoms with E-state index in [1.54, 1.807) is 0 Å². The van der Waals surface area contributed by atoms with Gasteiger partial charge in [0.15, 0.2) is 0 Å². The number of hydrogen-bond donors (Lipinski definition) is 2. The van der Waals surface area contributed by atoms with Gasteiger partial charge in [0.2, 0.25) is 0 Å². The van der Waals surface area contributed by atoms with Gasteiger partial charge in [0.25, 0.3) is 0 Å². The monoisotopic (exact) mass is 212 g/mol. The maximum absolute atomic E-state index is 11.5. The number of hydrogen-bond acceptors (Lipinski definition) is 2. The van der Waals surface area contributed by atoms with Crippen LogP contribution < -0.4 is 5.32 Å². The van der Waals surface area contributed by atoms with E-state index in [1.807, 2.05) is 6.92 Å². The lowest BCUT2D eigenvalue weighted by Crippen LogP contribution is -2.47. The Labute approximate surface area is 89.4 Å². The molecule has 0 fully saturated rings. The van der Waals surface area contributed by atoms with Crippen LogP contribution in [-0.4, -0.2) is 41.1 Å². The Morgan fingerprint density at radius 2 is 2.20 bits per heavy atom. The molecule has 2 N–H and O–H groups in total. The van der Waals surface area contributed by atoms with Crippen LogP contribution in [0.15, 0.2) is 0 Å². The van der Waals surface area contributed by atoms with Crippen molar-refractivity contribution in [2.24, 2.45) is 0 Å². The lowest BCUT2D eigenvalue weighted by Gasteiger charge is -2.21. The summed E-state index contributed by atoms with van der Waals surface area (Å²) in [5, 5.41) is 10.9. The minimum absolute atomic E-state index is 0.187. The van der Waals surface area contributed by atoms with Gasteiger partial charge >= 0.3 is 12.0 Å². The smallest absolute Gasteiger partial charge is 0.325 e. The molecule has 2 amide bonds. The van der Waals surface area contributed by atoms with Gasteiger partial charge in [-0.1, -0.05) is 12.8 Å². The van der Waals surface area contributed by atoms with E-state index in [4.69, 9.17) is 11.5 Å². The molecule has 0 radical (unpaired) electrons. The van der Waals surface area contributed by atoms with Crippen LogP contribution >= 0.6 is 0 Å². The third-order valence-electron chi connectivity index (χ3n) is 1.77. The second-order valence-electron chi connectivity index (χ2n) is 3.14. The fourth-order valence-electron chi connectivity index (χ4n) is 0.971. The molecule has 0 aliphatic rings. The molecule has 0 bridgehead atoms. The zero-order valence-corrected chi connectivity index (χ0v) is 8.99. The van der Waals surface area contributed by atoms with Crippen LogP contribution in [0.4, 0.5) is 4.79 Å². The second kappa shape index (κ2) is 6.71. The first-order valence-corrected chi connectivity index (χ1v) is 4.74. The van der Waals surface area contributed by atoms with Gasteiger partial charge in [0, 0.05) is 6.54 Å². The van der Waals surface area contributed by atoms with Gasteiger partial charge in [0.1, 0.15) is 6.04 Å². The van der Waals surface area contributed by atoms with E-state index in [-0.39, 0.29) is 6.54 Å². The lowest BCUT2D eigenvalue weighted by atomic mass is 10.3. The molecule has 0 unspecified atom stereocenters. The first-order chi connectivity index (χ1) is 7.02. The summed E-state index contributed by atoms with van der Waals surface area (Å²) in [6.45, 7) is 4.02. The third-order valence-corrected chi connectivity index (χ3v) is 1.77. The maximum Gasteiger partial charge on any atom is 0.325 e. The van der Waals surface area contributed by atoms with E-state index in [0.29, 0.717) is 6.54 Å². The van der Waals surface area contributed by atoms with Crippen molar-refractivity contribution in [1.82, 2.24) is 10.2 Å². The van der Waals surface area contributed by atoms with Crippen molar-refractivity contribution in [2.45, 2.75) is 26.3 Å². The molecule has 0 aliphatic heterocycles. The van der Waals surface area contributed by atoms with E-state index in [9.17, 15) is 9.59 Å². The molecule has 0 saturated heterocycles. The molecule has 0 rings (SSSR count). The second-order valence-corrected chi connectivity index (χ2v) is 3.14. The number of carbonyl (C=O) groups excluding carboxylic acids is 1. The van der Waals surface area contributed by atoms with Gasteiger partial charge in [-0.2, -0.15) is 0 Å². The van der Waals surface area contributed by atoms with E-state index >= 15 is 0 Å². The summed E-state index contributed by atoms with van der Waals surface area (Å²) in [5.74, 6) is 1.28. The molecule has 15 heavy (non-hydrogen) atoms. The molecule has 5 nitrogen and oxygen atoms in total. The summed E-state index contributed by atoms with van der Waals surface area (Å²) in [4.78, 5) is 23.4. The van der Waals surface area contributed by atoms with Crippen LogP contribution in [0.25, 0.3) is 0 Å². The van der Waals surface area contributed by atoms with Crippen molar-refractivity contribution in [1.29, 1.82) is 0 Å². The van der Waals surface area contributed by atoms with E-state index in [1.165, 1.54) is 11.8 Å². The van der Waals surface area contributed by atoms with E-state index in [2.05, 4.69) is 11.2 Å². The molecule has 1 atom stereocenters. The summed E-state index contributed by atoms with van der Waals surface area (Å²) in [6.07, 6.45) is 5.87. The number of nitrogens with zero attached hydrogens (tertiary/aromatic N) is 1. The summed E-state index contributed by atoms with van der Waals surface area (Å²) in [6, 6.07) is -1.35. The van der Waals surface area contributed by atoms with Gasteiger partial charge in [-0.3, -0.25) is 4.79 Å². The van der Waals surface area contributed by atoms with Gasteiger partial charge in [-0.15, -0.1) is 6.42 Å². The summed E-state index contributed by atoms with van der Waals surface area (Å²) in [5.41, 5.74) is 0. The van der Waals surface area contributed by atoms with Gasteiger partial charge in [-0.25, -0.2) is 4.79 Å². The highest BCUT2D eigenvalue weighted by atomic mass is 16.4. The maximum atomic E-state index is 11.5. The number of carbonyl (C=O) groups is 2. The fourth-order valence-corrected chi connectivity index (χ4v) is 0.971. The largest absolute Gasteiger partial charge is 0.480 e. The van der Waals surface area contributed by atoms with Gasteiger partial charge < -0.3 is 15.3 Å². The van der Waals surface area contributed by atoms with Gasteiger partial charge in [-0.05, 0) is 13.3 Å². The highest BCUT2D eigenvalue weighted by Gasteiger charge is 2.17. The Bertz CT molecular complexity index is 270. The normalized spacial score (nSPS) is 11.3. The van der Waals surface area contributed by atoms with Crippen LogP contribution in [0.1, 0.15) is 20.3 Å². The minimum Gasteiger partial charge on any atom is -0.480 e. The Morgan fingerprint density at radius 3 is 2.60 bits per heavy atom. The molecular weight excluding hydrogens is 196 g/mol. The SMILES string of the molecule is C#CCN(CCC)C(=O)N[C@H](C)C(=O)O. The number of terminal acetylenes is 1. The Hall–Kier alpha value is -1.70. The van der Waals surface area contributed by atoms with Crippen LogP contribution in [0.5, 0.6) is 0 Å². The molecule has 0 aromatic heterocycles. The first kappa shape index (κ1) is 13.3. The molecule has 0 aromatic carbocycles. The first-order valence-electron chi connectivity index (χ1n) is 4.74. The van der Waals surface area contributed by atoms with Crippen LogP contribution in [-0.2, 0) is 4.79 Å². The molecular formula is C10H16N2O3. The highest BCUT2D eigenvalue weighted by Crippen LogP contribution is 1.93. The fraction of sp³-hybridized carbons (Fsp3) is 0.600. The number of amides is 2. The van der Waals surface area contributed by atoms with Crippen LogP contribution in [0.2, 0.25) is 0 Å². The number of aliphatic carboxylic acids is 1. The zero-order valence-electron chi connectivity index (χ0n) is 8.99. The van der Waals surface area contributed by atoms with E-state index < -0.39 is 18.0 Å². The Morgan fingerprint density at radius 1 is 1.60 bits per heavy atom.